The van der Waals surface area contributed by atoms with Crippen molar-refractivity contribution in [3.63, 3.8) is 0 Å². The third-order valence-electron chi connectivity index (χ3n) is 3.77. The highest BCUT2D eigenvalue weighted by molar-refractivity contribution is 5.85. The molecule has 0 spiro atoms. The number of benzene rings is 2. The summed E-state index contributed by atoms with van der Waals surface area (Å²) in [5.74, 6) is 0.243. The molecule has 0 unspecified atom stereocenters. The topological polar surface area (TPSA) is 63.5 Å². The smallest absolute Gasteiger partial charge is 0.406 e. The Balaban J connectivity index is 1.93. The number of para-hydroxylation sites is 1. The van der Waals surface area contributed by atoms with Crippen LogP contribution >= 0.6 is 0 Å². The number of amides is 1. The Labute approximate surface area is 134 Å². The number of aromatic hydroxyl groups is 1. The summed E-state index contributed by atoms with van der Waals surface area (Å²) in [7, 11) is 1.35. The molecule has 3 rings (SSSR count). The second-order valence-electron chi connectivity index (χ2n) is 5.23. The third-order valence-corrected chi connectivity index (χ3v) is 3.77. The summed E-state index contributed by atoms with van der Waals surface area (Å²) in [6.45, 7) is 0.510. The number of carbonyl (C=O) groups excluding carboxylic acids is 1. The number of methoxy groups -OCH3 is 1. The molecule has 0 aliphatic heterocycles. The van der Waals surface area contributed by atoms with Gasteiger partial charge < -0.3 is 19.7 Å². The van der Waals surface area contributed by atoms with Crippen LogP contribution < -0.4 is 5.32 Å². The van der Waals surface area contributed by atoms with E-state index in [2.05, 4.69) is 33.0 Å². The van der Waals surface area contributed by atoms with Crippen LogP contribution in [0.4, 0.5) is 4.79 Å². The maximum Gasteiger partial charge on any atom is 0.406 e. The van der Waals surface area contributed by atoms with E-state index in [0.717, 1.165) is 22.2 Å². The largest absolute Gasteiger partial charge is 0.508 e. The minimum Gasteiger partial charge on any atom is -0.508 e. The van der Waals surface area contributed by atoms with Gasteiger partial charge in [0.25, 0.3) is 0 Å². The van der Waals surface area contributed by atoms with E-state index in [4.69, 9.17) is 0 Å². The molecule has 0 radical (unpaired) electrons. The number of hydrogen-bond acceptors (Lipinski definition) is 3. The fourth-order valence-corrected chi connectivity index (χ4v) is 2.65. The minimum absolute atomic E-state index is 0.243. The van der Waals surface area contributed by atoms with Gasteiger partial charge in [0.1, 0.15) is 5.75 Å². The zero-order chi connectivity index (χ0) is 16.2. The van der Waals surface area contributed by atoms with Gasteiger partial charge in [-0.2, -0.15) is 0 Å². The van der Waals surface area contributed by atoms with Gasteiger partial charge in [0.05, 0.1) is 12.6 Å². The van der Waals surface area contributed by atoms with E-state index in [1.54, 1.807) is 12.1 Å². The van der Waals surface area contributed by atoms with Crippen molar-refractivity contribution in [3.05, 3.63) is 60.3 Å². The van der Waals surface area contributed by atoms with Crippen molar-refractivity contribution in [1.82, 2.24) is 9.88 Å². The van der Waals surface area contributed by atoms with Crippen molar-refractivity contribution >= 4 is 17.0 Å². The average Bonchev–Trinajstić information content (AvgIpc) is 2.94. The third kappa shape index (κ3) is 3.13. The lowest BCUT2D eigenvalue weighted by molar-refractivity contribution is 0.171. The molecule has 2 aromatic carbocycles. The van der Waals surface area contributed by atoms with Crippen LogP contribution in [0.3, 0.4) is 0 Å². The highest BCUT2D eigenvalue weighted by Crippen LogP contribution is 2.26. The lowest BCUT2D eigenvalue weighted by Gasteiger charge is -2.05. The number of fused-ring (bicyclic) bond motifs is 1. The van der Waals surface area contributed by atoms with Gasteiger partial charge >= 0.3 is 6.09 Å². The van der Waals surface area contributed by atoms with Crippen LogP contribution in [0.25, 0.3) is 16.6 Å². The Morgan fingerprint density at radius 3 is 2.65 bits per heavy atom. The number of phenolic OH excluding ortho intramolecular Hbond substituents is 1. The van der Waals surface area contributed by atoms with E-state index in [0.29, 0.717) is 13.0 Å². The number of hydrogen-bond donors (Lipinski definition) is 2. The maximum absolute atomic E-state index is 11.2. The van der Waals surface area contributed by atoms with Crippen molar-refractivity contribution in [1.29, 1.82) is 0 Å². The number of alkyl carbamates (subject to hydrolysis) is 1. The SMILES string of the molecule is COC(=O)NCCc1cn(-c2ccc(O)cc2)c2ccccc12. The number of aromatic nitrogens is 1. The number of phenols is 1. The molecular formula is C18H18N2O3. The average molecular weight is 310 g/mol. The zero-order valence-electron chi connectivity index (χ0n) is 12.8. The van der Waals surface area contributed by atoms with Crippen LogP contribution in [0.15, 0.2) is 54.7 Å². The lowest BCUT2D eigenvalue weighted by Crippen LogP contribution is -2.25. The number of rotatable bonds is 4. The summed E-state index contributed by atoms with van der Waals surface area (Å²) in [5, 5.41) is 13.3. The van der Waals surface area contributed by atoms with Crippen LogP contribution in [0.5, 0.6) is 5.75 Å². The molecule has 0 fully saturated rings. The van der Waals surface area contributed by atoms with Crippen LogP contribution in [0.2, 0.25) is 0 Å². The maximum atomic E-state index is 11.2. The minimum atomic E-state index is -0.424. The first-order chi connectivity index (χ1) is 11.2. The van der Waals surface area contributed by atoms with Gasteiger partial charge in [0.2, 0.25) is 0 Å². The van der Waals surface area contributed by atoms with Gasteiger partial charge in [-0.1, -0.05) is 18.2 Å². The standard InChI is InChI=1S/C18H18N2O3/c1-23-18(22)19-11-10-13-12-20(14-6-8-15(21)9-7-14)17-5-3-2-4-16(13)17/h2-9,12,21H,10-11H2,1H3,(H,19,22). The molecule has 3 aromatic rings. The van der Waals surface area contributed by atoms with E-state index < -0.39 is 6.09 Å². The fraction of sp³-hybridized carbons (Fsp3) is 0.167. The zero-order valence-corrected chi connectivity index (χ0v) is 12.8. The number of carbonyl (C=O) groups is 1. The second kappa shape index (κ2) is 6.44. The molecule has 1 aromatic heterocycles. The number of ether oxygens (including phenoxy) is 1. The van der Waals surface area contributed by atoms with E-state index >= 15 is 0 Å². The summed E-state index contributed by atoms with van der Waals surface area (Å²) in [4.78, 5) is 11.2. The first-order valence-electron chi connectivity index (χ1n) is 7.39. The lowest BCUT2D eigenvalue weighted by atomic mass is 10.1. The van der Waals surface area contributed by atoms with Gasteiger partial charge in [-0.25, -0.2) is 4.79 Å². The predicted molar refractivity (Wildman–Crippen MR) is 89.1 cm³/mol. The monoisotopic (exact) mass is 310 g/mol. The van der Waals surface area contributed by atoms with E-state index in [1.807, 2.05) is 24.3 Å². The van der Waals surface area contributed by atoms with Crippen LogP contribution in [0.1, 0.15) is 5.56 Å². The summed E-state index contributed by atoms with van der Waals surface area (Å²) < 4.78 is 6.67. The molecule has 1 heterocycles. The summed E-state index contributed by atoms with van der Waals surface area (Å²) >= 11 is 0. The van der Waals surface area contributed by atoms with Crippen molar-refractivity contribution in [2.45, 2.75) is 6.42 Å². The molecule has 0 aliphatic carbocycles. The molecule has 5 heteroatoms. The molecular weight excluding hydrogens is 292 g/mol. The molecule has 0 atom stereocenters. The van der Waals surface area contributed by atoms with Crippen molar-refractivity contribution in [2.75, 3.05) is 13.7 Å². The van der Waals surface area contributed by atoms with E-state index in [1.165, 1.54) is 7.11 Å². The summed E-state index contributed by atoms with van der Waals surface area (Å²) in [6.07, 6.45) is 2.35. The van der Waals surface area contributed by atoms with Gasteiger partial charge in [0.15, 0.2) is 0 Å². The molecule has 0 aliphatic rings. The molecule has 0 saturated carbocycles. The van der Waals surface area contributed by atoms with Gasteiger partial charge in [-0.05, 0) is 42.3 Å². The Morgan fingerprint density at radius 2 is 1.91 bits per heavy atom. The van der Waals surface area contributed by atoms with Crippen LogP contribution in [-0.2, 0) is 11.2 Å². The normalized spacial score (nSPS) is 10.7. The number of nitrogens with one attached hydrogen (secondary N) is 1. The highest BCUT2D eigenvalue weighted by atomic mass is 16.5. The van der Waals surface area contributed by atoms with E-state index in [-0.39, 0.29) is 5.75 Å². The molecule has 2 N–H and O–H groups in total. The Hall–Kier alpha value is -2.95. The first kappa shape index (κ1) is 15.0. The summed E-state index contributed by atoms with van der Waals surface area (Å²) in [6, 6.07) is 15.2. The summed E-state index contributed by atoms with van der Waals surface area (Å²) in [5.41, 5.74) is 3.21. The molecule has 23 heavy (non-hydrogen) atoms. The predicted octanol–water partition coefficient (Wildman–Crippen LogP) is 3.23. The first-order valence-corrected chi connectivity index (χ1v) is 7.39. The van der Waals surface area contributed by atoms with Crippen molar-refractivity contribution in [2.24, 2.45) is 0 Å². The second-order valence-corrected chi connectivity index (χ2v) is 5.23. The number of nitrogens with zero attached hydrogens (tertiary/aromatic N) is 1. The quantitative estimate of drug-likeness (QED) is 0.777. The molecule has 0 saturated heterocycles. The van der Waals surface area contributed by atoms with Crippen LogP contribution in [0, 0.1) is 0 Å². The Kier molecular flexibility index (Phi) is 4.19. The highest BCUT2D eigenvalue weighted by Gasteiger charge is 2.10. The van der Waals surface area contributed by atoms with Gasteiger partial charge in [0, 0.05) is 23.8 Å². The molecule has 1 amide bonds. The molecule has 0 bridgehead atoms. The van der Waals surface area contributed by atoms with Gasteiger partial charge in [-0.3, -0.25) is 0 Å². The van der Waals surface area contributed by atoms with Crippen LogP contribution in [-0.4, -0.2) is 29.4 Å². The van der Waals surface area contributed by atoms with Gasteiger partial charge in [-0.15, -0.1) is 0 Å². The molecule has 5 nitrogen and oxygen atoms in total. The van der Waals surface area contributed by atoms with E-state index in [9.17, 15) is 9.90 Å². The molecule has 118 valence electrons. The fourth-order valence-electron chi connectivity index (χ4n) is 2.65. The Bertz CT molecular complexity index is 822. The van der Waals surface area contributed by atoms with Crippen molar-refractivity contribution in [3.8, 4) is 11.4 Å². The Morgan fingerprint density at radius 1 is 1.17 bits per heavy atom. The van der Waals surface area contributed by atoms with Crippen molar-refractivity contribution < 1.29 is 14.6 Å².